The Morgan fingerprint density at radius 3 is 2.86 bits per heavy atom. The van der Waals surface area contributed by atoms with E-state index in [0.717, 1.165) is 25.9 Å². The first-order chi connectivity index (χ1) is 6.76. The molecule has 0 unspecified atom stereocenters. The second-order valence-electron chi connectivity index (χ2n) is 3.82. The summed E-state index contributed by atoms with van der Waals surface area (Å²) in [4.78, 5) is 13.2. The van der Waals surface area contributed by atoms with Crippen molar-refractivity contribution in [1.82, 2.24) is 4.90 Å². The molecule has 1 fully saturated rings. The van der Waals surface area contributed by atoms with E-state index >= 15 is 0 Å². The minimum Gasteiger partial charge on any atom is -0.465 e. The molecule has 0 aromatic rings. The summed E-state index contributed by atoms with van der Waals surface area (Å²) in [5, 5.41) is 8.77. The van der Waals surface area contributed by atoms with Gasteiger partial charge in [0.1, 0.15) is 0 Å². The number of unbranched alkanes of at least 4 members (excludes halogenated alkanes) is 1. The molecule has 14 heavy (non-hydrogen) atoms. The summed E-state index contributed by atoms with van der Waals surface area (Å²) in [5.41, 5.74) is 0. The fourth-order valence-electron chi connectivity index (χ4n) is 1.48. The molecule has 1 rings (SSSR count). The van der Waals surface area contributed by atoms with E-state index in [-0.39, 0.29) is 12.6 Å². The van der Waals surface area contributed by atoms with Gasteiger partial charge in [-0.3, -0.25) is 9.69 Å². The highest BCUT2D eigenvalue weighted by Crippen LogP contribution is 2.13. The van der Waals surface area contributed by atoms with E-state index in [9.17, 15) is 4.79 Å². The van der Waals surface area contributed by atoms with E-state index in [1.54, 1.807) is 0 Å². The van der Waals surface area contributed by atoms with Crippen LogP contribution in [-0.4, -0.2) is 48.8 Å². The quantitative estimate of drug-likeness (QED) is 0.494. The van der Waals surface area contributed by atoms with Gasteiger partial charge in [0.25, 0.3) is 0 Å². The van der Waals surface area contributed by atoms with Gasteiger partial charge < -0.3 is 9.84 Å². The van der Waals surface area contributed by atoms with E-state index in [1.807, 2.05) is 4.90 Å². The Morgan fingerprint density at radius 2 is 2.29 bits per heavy atom. The Bertz CT molecular complexity index is 178. The van der Waals surface area contributed by atoms with Crippen LogP contribution in [0.2, 0.25) is 0 Å². The second-order valence-corrected chi connectivity index (χ2v) is 3.82. The predicted molar refractivity (Wildman–Crippen MR) is 52.9 cm³/mol. The maximum Gasteiger partial charge on any atom is 0.320 e. The molecular formula is C10H19NO3. The van der Waals surface area contributed by atoms with Crippen LogP contribution in [0, 0.1) is 5.92 Å². The molecule has 0 radical (unpaired) electrons. The number of esters is 1. The van der Waals surface area contributed by atoms with Gasteiger partial charge >= 0.3 is 5.97 Å². The zero-order valence-electron chi connectivity index (χ0n) is 8.74. The van der Waals surface area contributed by atoms with Crippen LogP contribution in [-0.2, 0) is 9.53 Å². The standard InChI is InChI=1S/C10H19NO3/c1-2-3-4-14-10(13)7-11-5-9(6-11)8-12/h9,12H,2-8H2,1H3. The van der Waals surface area contributed by atoms with Crippen LogP contribution in [0.4, 0.5) is 0 Å². The van der Waals surface area contributed by atoms with Crippen molar-refractivity contribution >= 4 is 5.97 Å². The highest BCUT2D eigenvalue weighted by Gasteiger charge is 2.27. The smallest absolute Gasteiger partial charge is 0.320 e. The summed E-state index contributed by atoms with van der Waals surface area (Å²) in [6, 6.07) is 0. The lowest BCUT2D eigenvalue weighted by Gasteiger charge is -2.37. The van der Waals surface area contributed by atoms with E-state index in [0.29, 0.717) is 19.1 Å². The monoisotopic (exact) mass is 201 g/mol. The van der Waals surface area contributed by atoms with Crippen molar-refractivity contribution in [3.63, 3.8) is 0 Å². The molecule has 0 bridgehead atoms. The lowest BCUT2D eigenvalue weighted by molar-refractivity contribution is -0.147. The zero-order chi connectivity index (χ0) is 10.4. The van der Waals surface area contributed by atoms with Crippen LogP contribution in [0.3, 0.4) is 0 Å². The molecular weight excluding hydrogens is 182 g/mol. The first-order valence-electron chi connectivity index (χ1n) is 5.25. The summed E-state index contributed by atoms with van der Waals surface area (Å²) >= 11 is 0. The number of likely N-dealkylation sites (tertiary alicyclic amines) is 1. The van der Waals surface area contributed by atoms with Gasteiger partial charge in [0, 0.05) is 25.6 Å². The van der Waals surface area contributed by atoms with E-state index in [4.69, 9.17) is 9.84 Å². The number of carbonyl (C=O) groups excluding carboxylic acids is 1. The lowest BCUT2D eigenvalue weighted by Crippen LogP contribution is -2.50. The Labute approximate surface area is 84.8 Å². The molecule has 4 heteroatoms. The van der Waals surface area contributed by atoms with Gasteiger partial charge in [-0.25, -0.2) is 0 Å². The Balaban J connectivity index is 1.99. The van der Waals surface area contributed by atoms with Gasteiger partial charge in [0.2, 0.25) is 0 Å². The van der Waals surface area contributed by atoms with Crippen LogP contribution in [0.15, 0.2) is 0 Å². The highest BCUT2D eigenvalue weighted by molar-refractivity contribution is 5.71. The van der Waals surface area contributed by atoms with Crippen LogP contribution in [0.5, 0.6) is 0 Å². The molecule has 1 saturated heterocycles. The summed E-state index contributed by atoms with van der Waals surface area (Å²) in [6.45, 7) is 4.84. The van der Waals surface area contributed by atoms with Gasteiger partial charge in [-0.1, -0.05) is 13.3 Å². The fourth-order valence-corrected chi connectivity index (χ4v) is 1.48. The predicted octanol–water partition coefficient (Wildman–Crippen LogP) is 0.254. The fraction of sp³-hybridized carbons (Fsp3) is 0.900. The van der Waals surface area contributed by atoms with E-state index in [2.05, 4.69) is 6.92 Å². The SMILES string of the molecule is CCCCOC(=O)CN1CC(CO)C1. The van der Waals surface area contributed by atoms with Crippen molar-refractivity contribution in [3.8, 4) is 0 Å². The molecule has 1 aliphatic heterocycles. The molecule has 0 saturated carbocycles. The van der Waals surface area contributed by atoms with Gasteiger partial charge in [0.05, 0.1) is 13.2 Å². The molecule has 0 aliphatic carbocycles. The van der Waals surface area contributed by atoms with Gasteiger partial charge in [0.15, 0.2) is 0 Å². The number of aliphatic hydroxyl groups is 1. The third kappa shape index (κ3) is 3.64. The highest BCUT2D eigenvalue weighted by atomic mass is 16.5. The minimum absolute atomic E-state index is 0.144. The zero-order valence-corrected chi connectivity index (χ0v) is 8.74. The van der Waals surface area contributed by atoms with Gasteiger partial charge in [-0.15, -0.1) is 0 Å². The number of carbonyl (C=O) groups is 1. The Hall–Kier alpha value is -0.610. The van der Waals surface area contributed by atoms with Crippen LogP contribution in [0.25, 0.3) is 0 Å². The summed E-state index contributed by atoms with van der Waals surface area (Å²) in [7, 11) is 0. The number of nitrogens with zero attached hydrogens (tertiary/aromatic N) is 1. The lowest BCUT2D eigenvalue weighted by atomic mass is 10.0. The number of aliphatic hydroxyl groups excluding tert-OH is 1. The van der Waals surface area contributed by atoms with Crippen molar-refractivity contribution in [1.29, 1.82) is 0 Å². The molecule has 82 valence electrons. The van der Waals surface area contributed by atoms with E-state index in [1.165, 1.54) is 0 Å². The summed E-state index contributed by atoms with van der Waals surface area (Å²) in [6.07, 6.45) is 1.98. The molecule has 1 N–H and O–H groups in total. The molecule has 4 nitrogen and oxygen atoms in total. The molecule has 0 atom stereocenters. The van der Waals surface area contributed by atoms with Crippen molar-refractivity contribution in [2.75, 3.05) is 32.8 Å². The maximum atomic E-state index is 11.2. The van der Waals surface area contributed by atoms with E-state index < -0.39 is 0 Å². The molecule has 0 aromatic carbocycles. The Kier molecular flexibility index (Phi) is 4.90. The molecule has 0 amide bonds. The number of ether oxygens (including phenoxy) is 1. The number of hydrogen-bond donors (Lipinski definition) is 1. The average molecular weight is 201 g/mol. The topological polar surface area (TPSA) is 49.8 Å². The number of rotatable bonds is 6. The Morgan fingerprint density at radius 1 is 1.57 bits per heavy atom. The molecule has 1 aliphatic rings. The number of hydrogen-bond acceptors (Lipinski definition) is 4. The van der Waals surface area contributed by atoms with Crippen molar-refractivity contribution < 1.29 is 14.6 Å². The summed E-state index contributed by atoms with van der Waals surface area (Å²) < 4.78 is 5.01. The summed E-state index contributed by atoms with van der Waals surface area (Å²) in [5.74, 6) is 0.216. The van der Waals surface area contributed by atoms with Gasteiger partial charge in [-0.05, 0) is 6.42 Å². The minimum atomic E-state index is -0.144. The maximum absolute atomic E-state index is 11.2. The van der Waals surface area contributed by atoms with Crippen molar-refractivity contribution in [3.05, 3.63) is 0 Å². The second kappa shape index (κ2) is 5.98. The molecule has 0 aromatic heterocycles. The largest absolute Gasteiger partial charge is 0.465 e. The molecule has 0 spiro atoms. The van der Waals surface area contributed by atoms with Crippen LogP contribution < -0.4 is 0 Å². The first-order valence-corrected chi connectivity index (χ1v) is 5.25. The molecule has 1 heterocycles. The van der Waals surface area contributed by atoms with Gasteiger partial charge in [-0.2, -0.15) is 0 Å². The average Bonchev–Trinajstić information content (AvgIpc) is 2.11. The van der Waals surface area contributed by atoms with Crippen molar-refractivity contribution in [2.45, 2.75) is 19.8 Å². The third-order valence-electron chi connectivity index (χ3n) is 2.40. The normalized spacial score (nSPS) is 17.9. The van der Waals surface area contributed by atoms with Crippen LogP contribution >= 0.6 is 0 Å². The first kappa shape index (κ1) is 11.5. The van der Waals surface area contributed by atoms with Crippen molar-refractivity contribution in [2.24, 2.45) is 5.92 Å². The third-order valence-corrected chi connectivity index (χ3v) is 2.40. The van der Waals surface area contributed by atoms with Crippen LogP contribution in [0.1, 0.15) is 19.8 Å².